The highest BCUT2D eigenvalue weighted by Crippen LogP contribution is 2.36. The van der Waals surface area contributed by atoms with Gasteiger partial charge < -0.3 is 15.7 Å². The van der Waals surface area contributed by atoms with E-state index >= 15 is 0 Å². The minimum Gasteiger partial charge on any atom is -0.391 e. The minimum absolute atomic E-state index is 0.117. The van der Waals surface area contributed by atoms with Crippen LogP contribution in [-0.2, 0) is 6.42 Å². The third kappa shape index (κ3) is 2.72. The molecule has 0 bridgehead atoms. The van der Waals surface area contributed by atoms with Crippen LogP contribution in [0.2, 0.25) is 0 Å². The largest absolute Gasteiger partial charge is 0.391 e. The normalized spacial score (nSPS) is 22.9. The summed E-state index contributed by atoms with van der Waals surface area (Å²) in [6, 6.07) is 1.93. The third-order valence-electron chi connectivity index (χ3n) is 4.56. The first-order valence-corrected chi connectivity index (χ1v) is 8.52. The van der Waals surface area contributed by atoms with Crippen LogP contribution in [0.1, 0.15) is 44.6 Å². The molecule has 6 heteroatoms. The average molecular weight is 315 g/mol. The number of rotatable bonds is 0. The van der Waals surface area contributed by atoms with Gasteiger partial charge in [-0.25, -0.2) is 15.0 Å². The van der Waals surface area contributed by atoms with Gasteiger partial charge in [-0.15, -0.1) is 0 Å². The molecule has 0 amide bonds. The predicted molar refractivity (Wildman–Crippen MR) is 92.5 cm³/mol. The molecule has 0 aromatic carbocycles. The van der Waals surface area contributed by atoms with E-state index in [-0.39, 0.29) is 12.1 Å². The Morgan fingerprint density at radius 3 is 2.78 bits per heavy atom. The molecule has 0 radical (unpaired) electrons. The van der Waals surface area contributed by atoms with Crippen molar-refractivity contribution in [1.29, 1.82) is 0 Å². The van der Waals surface area contributed by atoms with E-state index in [1.165, 1.54) is 0 Å². The fourth-order valence-corrected chi connectivity index (χ4v) is 3.67. The lowest BCUT2D eigenvalue weighted by Gasteiger charge is -2.39. The number of nitrogens with two attached hydrogens (primary N) is 1. The molecular formula is C17H25N5O. The van der Waals surface area contributed by atoms with E-state index in [0.717, 1.165) is 60.5 Å². The summed E-state index contributed by atoms with van der Waals surface area (Å²) in [4.78, 5) is 15.9. The van der Waals surface area contributed by atoms with Gasteiger partial charge in [0.15, 0.2) is 0 Å². The molecule has 2 aliphatic rings. The first kappa shape index (κ1) is 15.9. The van der Waals surface area contributed by atoms with Crippen LogP contribution in [0.5, 0.6) is 0 Å². The highest BCUT2D eigenvalue weighted by Gasteiger charge is 2.35. The number of nitrogen functional groups attached to an aromatic ring is 1. The Bertz CT molecular complexity index is 712. The molecule has 0 aliphatic carbocycles. The highest BCUT2D eigenvalue weighted by molar-refractivity contribution is 5.93. The van der Waals surface area contributed by atoms with Gasteiger partial charge in [0.1, 0.15) is 17.5 Å². The van der Waals surface area contributed by atoms with Gasteiger partial charge in [-0.1, -0.05) is 13.8 Å². The van der Waals surface area contributed by atoms with Crippen molar-refractivity contribution in [3.63, 3.8) is 0 Å². The van der Waals surface area contributed by atoms with Crippen molar-refractivity contribution in [3.05, 3.63) is 17.6 Å². The number of piperidine rings is 1. The van der Waals surface area contributed by atoms with Gasteiger partial charge >= 0.3 is 0 Å². The van der Waals surface area contributed by atoms with E-state index in [1.54, 1.807) is 0 Å². The number of aromatic nitrogens is 3. The maximum atomic E-state index is 10.4. The monoisotopic (exact) mass is 315 g/mol. The van der Waals surface area contributed by atoms with Crippen LogP contribution >= 0.6 is 0 Å². The Kier molecular flexibility index (Phi) is 4.35. The zero-order chi connectivity index (χ0) is 16.6. The number of aliphatic hydroxyl groups excluding tert-OH is 1. The third-order valence-corrected chi connectivity index (χ3v) is 4.56. The second kappa shape index (κ2) is 6.28. The van der Waals surface area contributed by atoms with E-state index in [1.807, 2.05) is 26.8 Å². The number of pyridine rings is 1. The van der Waals surface area contributed by atoms with Crippen molar-refractivity contribution < 1.29 is 5.11 Å². The molecule has 124 valence electrons. The van der Waals surface area contributed by atoms with Crippen molar-refractivity contribution >= 4 is 22.5 Å². The van der Waals surface area contributed by atoms with Gasteiger partial charge in [0.2, 0.25) is 0 Å². The summed E-state index contributed by atoms with van der Waals surface area (Å²) >= 11 is 0. The molecule has 2 unspecified atom stereocenters. The Morgan fingerprint density at radius 1 is 1.22 bits per heavy atom. The molecule has 2 atom stereocenters. The molecule has 4 heterocycles. The molecule has 3 N–H and O–H groups in total. The van der Waals surface area contributed by atoms with Crippen molar-refractivity contribution in [3.8, 4) is 0 Å². The summed E-state index contributed by atoms with van der Waals surface area (Å²) in [6.07, 6.45) is 3.23. The van der Waals surface area contributed by atoms with Crippen LogP contribution in [0.15, 0.2) is 6.07 Å². The zero-order valence-corrected chi connectivity index (χ0v) is 14.1. The van der Waals surface area contributed by atoms with Gasteiger partial charge in [0.25, 0.3) is 0 Å². The van der Waals surface area contributed by atoms with Crippen LogP contribution in [0, 0.1) is 6.92 Å². The maximum Gasteiger partial charge on any atom is 0.142 e. The number of aryl methyl sites for hydroxylation is 2. The average Bonchev–Trinajstić information content (AvgIpc) is 2.68. The van der Waals surface area contributed by atoms with Crippen LogP contribution in [-0.4, -0.2) is 38.7 Å². The molecule has 4 rings (SSSR count). The standard InChI is InChI=1S/C15H19N5O.C2H6/c1-8-17-10-7-13(16)19-9-4-5-11-12(21)3-2-6-20(11)15(18-8)14(9)10;1-2/h7,11-12,21H,2-6H2,1H3,(H2,16,19);1-2H3. The van der Waals surface area contributed by atoms with E-state index in [0.29, 0.717) is 5.82 Å². The predicted octanol–water partition coefficient (Wildman–Crippen LogP) is 2.22. The molecule has 1 saturated heterocycles. The van der Waals surface area contributed by atoms with E-state index < -0.39 is 0 Å². The van der Waals surface area contributed by atoms with E-state index in [2.05, 4.69) is 19.9 Å². The van der Waals surface area contributed by atoms with Crippen LogP contribution in [0.25, 0.3) is 10.9 Å². The molecule has 2 aromatic rings. The Morgan fingerprint density at radius 2 is 2.00 bits per heavy atom. The summed E-state index contributed by atoms with van der Waals surface area (Å²) in [7, 11) is 0. The molecule has 1 fully saturated rings. The summed E-state index contributed by atoms with van der Waals surface area (Å²) in [5.41, 5.74) is 7.74. The fourth-order valence-electron chi connectivity index (χ4n) is 3.67. The van der Waals surface area contributed by atoms with E-state index in [4.69, 9.17) is 5.73 Å². The lowest BCUT2D eigenvalue weighted by molar-refractivity contribution is 0.109. The van der Waals surface area contributed by atoms with Gasteiger partial charge in [0.05, 0.1) is 28.7 Å². The molecule has 0 spiro atoms. The van der Waals surface area contributed by atoms with Crippen LogP contribution < -0.4 is 10.6 Å². The van der Waals surface area contributed by atoms with Gasteiger partial charge in [-0.05, 0) is 32.6 Å². The van der Waals surface area contributed by atoms with E-state index in [9.17, 15) is 5.11 Å². The SMILES string of the molecule is CC.Cc1nc2c3c(nc(N)cc3n1)CCC1C(O)CCCN21. The quantitative estimate of drug-likeness (QED) is 0.775. The summed E-state index contributed by atoms with van der Waals surface area (Å²) in [5.74, 6) is 2.15. The van der Waals surface area contributed by atoms with Crippen LogP contribution in [0.4, 0.5) is 11.6 Å². The first-order chi connectivity index (χ1) is 11.1. The molecule has 2 aromatic heterocycles. The van der Waals surface area contributed by atoms with Crippen molar-refractivity contribution in [2.45, 2.75) is 58.6 Å². The second-order valence-corrected chi connectivity index (χ2v) is 5.99. The summed E-state index contributed by atoms with van der Waals surface area (Å²) < 4.78 is 0. The second-order valence-electron chi connectivity index (χ2n) is 5.99. The molecule has 23 heavy (non-hydrogen) atoms. The molecule has 2 aliphatic heterocycles. The van der Waals surface area contributed by atoms with Crippen molar-refractivity contribution in [1.82, 2.24) is 15.0 Å². The number of nitrogens with zero attached hydrogens (tertiary/aromatic N) is 4. The smallest absolute Gasteiger partial charge is 0.142 e. The maximum absolute atomic E-state index is 10.4. The molecule has 0 saturated carbocycles. The number of hydrogen-bond donors (Lipinski definition) is 2. The Labute approximate surface area is 136 Å². The summed E-state index contributed by atoms with van der Waals surface area (Å²) in [5, 5.41) is 11.4. The lowest BCUT2D eigenvalue weighted by Crippen LogP contribution is -2.48. The number of aliphatic hydroxyl groups is 1. The zero-order valence-electron chi connectivity index (χ0n) is 14.1. The van der Waals surface area contributed by atoms with Gasteiger partial charge in [-0.2, -0.15) is 0 Å². The minimum atomic E-state index is -0.296. The van der Waals surface area contributed by atoms with Gasteiger partial charge in [-0.3, -0.25) is 0 Å². The van der Waals surface area contributed by atoms with Gasteiger partial charge in [0, 0.05) is 12.6 Å². The number of fused-ring (bicyclic) bond motifs is 2. The highest BCUT2D eigenvalue weighted by atomic mass is 16.3. The Balaban J connectivity index is 0.000000753. The van der Waals surface area contributed by atoms with Crippen molar-refractivity contribution in [2.75, 3.05) is 17.2 Å². The summed E-state index contributed by atoms with van der Waals surface area (Å²) in [6.45, 7) is 6.82. The molecular weight excluding hydrogens is 290 g/mol. The number of hydrogen-bond acceptors (Lipinski definition) is 6. The van der Waals surface area contributed by atoms with Crippen molar-refractivity contribution in [2.24, 2.45) is 0 Å². The Hall–Kier alpha value is -1.95. The first-order valence-electron chi connectivity index (χ1n) is 8.52. The lowest BCUT2D eigenvalue weighted by atomic mass is 9.95. The fraction of sp³-hybridized carbons (Fsp3) is 0.588. The van der Waals surface area contributed by atoms with Crippen LogP contribution in [0.3, 0.4) is 0 Å². The number of anilines is 2. The topological polar surface area (TPSA) is 88.2 Å². The molecule has 6 nitrogen and oxygen atoms in total.